The van der Waals surface area contributed by atoms with Crippen molar-refractivity contribution in [1.29, 1.82) is 0 Å². The van der Waals surface area contributed by atoms with Gasteiger partial charge < -0.3 is 19.2 Å². The number of nitrogens with one attached hydrogen (secondary N) is 1. The van der Waals surface area contributed by atoms with Crippen LogP contribution in [-0.2, 0) is 4.74 Å². The minimum absolute atomic E-state index is 0.125. The number of anilines is 1. The predicted molar refractivity (Wildman–Crippen MR) is 98.2 cm³/mol. The van der Waals surface area contributed by atoms with Crippen molar-refractivity contribution >= 4 is 40.1 Å². The molecule has 6 nitrogen and oxygen atoms in total. The Morgan fingerprint density at radius 3 is 2.58 bits per heavy atom. The monoisotopic (exact) mass is 373 g/mol. The van der Waals surface area contributed by atoms with E-state index in [1.165, 1.54) is 20.3 Å². The number of carbonyl (C=O) groups excluding carboxylic acids is 2. The molecule has 0 aliphatic heterocycles. The van der Waals surface area contributed by atoms with E-state index in [-0.39, 0.29) is 17.0 Å². The largest absolute Gasteiger partial charge is 0.497 e. The molecule has 7 heteroatoms. The summed E-state index contributed by atoms with van der Waals surface area (Å²) < 4.78 is 15.5. The SMILES string of the molecule is COC(=O)c1cc(OC)ccc1NC(=O)c1oc2c(Cl)cccc2c1C. The van der Waals surface area contributed by atoms with Crippen LogP contribution in [0.2, 0.25) is 5.02 Å². The van der Waals surface area contributed by atoms with E-state index in [4.69, 9.17) is 25.5 Å². The number of esters is 1. The Bertz CT molecular complexity index is 1010. The predicted octanol–water partition coefficient (Wildman–Crippen LogP) is 4.44. The van der Waals surface area contributed by atoms with Crippen molar-refractivity contribution in [2.45, 2.75) is 6.92 Å². The lowest BCUT2D eigenvalue weighted by Gasteiger charge is -2.11. The lowest BCUT2D eigenvalue weighted by molar-refractivity contribution is 0.0601. The normalized spacial score (nSPS) is 10.6. The maximum absolute atomic E-state index is 12.7. The second-order valence-electron chi connectivity index (χ2n) is 5.53. The number of para-hydroxylation sites is 1. The van der Waals surface area contributed by atoms with Gasteiger partial charge in [-0.2, -0.15) is 0 Å². The zero-order chi connectivity index (χ0) is 18.8. The Morgan fingerprint density at radius 2 is 1.92 bits per heavy atom. The molecule has 134 valence electrons. The lowest BCUT2D eigenvalue weighted by atomic mass is 10.1. The van der Waals surface area contributed by atoms with Crippen molar-refractivity contribution < 1.29 is 23.5 Å². The van der Waals surface area contributed by atoms with Crippen molar-refractivity contribution in [2.24, 2.45) is 0 Å². The number of furan rings is 1. The fraction of sp³-hybridized carbons (Fsp3) is 0.158. The van der Waals surface area contributed by atoms with Crippen molar-refractivity contribution in [2.75, 3.05) is 19.5 Å². The molecular weight excluding hydrogens is 358 g/mol. The van der Waals surface area contributed by atoms with Gasteiger partial charge in [0.1, 0.15) is 5.75 Å². The smallest absolute Gasteiger partial charge is 0.340 e. The number of fused-ring (bicyclic) bond motifs is 1. The quantitative estimate of drug-likeness (QED) is 0.684. The van der Waals surface area contributed by atoms with Gasteiger partial charge >= 0.3 is 5.97 Å². The molecule has 0 bridgehead atoms. The molecule has 2 aromatic carbocycles. The van der Waals surface area contributed by atoms with Crippen LogP contribution in [0.5, 0.6) is 5.75 Å². The minimum atomic E-state index is -0.594. The van der Waals surface area contributed by atoms with Crippen LogP contribution in [0.4, 0.5) is 5.69 Å². The third kappa shape index (κ3) is 3.11. The Kier molecular flexibility index (Phi) is 4.86. The van der Waals surface area contributed by atoms with Crippen LogP contribution in [0.25, 0.3) is 11.0 Å². The molecule has 0 atom stereocenters. The number of hydrogen-bond acceptors (Lipinski definition) is 5. The summed E-state index contributed by atoms with van der Waals surface area (Å²) in [5, 5.41) is 3.86. The Hall–Kier alpha value is -2.99. The van der Waals surface area contributed by atoms with E-state index >= 15 is 0 Å². The zero-order valence-corrected chi connectivity index (χ0v) is 15.1. The van der Waals surface area contributed by atoms with Gasteiger partial charge in [0, 0.05) is 10.9 Å². The van der Waals surface area contributed by atoms with Crippen molar-refractivity contribution in [3.8, 4) is 5.75 Å². The molecule has 3 aromatic rings. The van der Waals surface area contributed by atoms with Crippen LogP contribution < -0.4 is 10.1 Å². The molecule has 0 aliphatic carbocycles. The molecule has 3 rings (SSSR count). The van der Waals surface area contributed by atoms with E-state index in [0.29, 0.717) is 21.9 Å². The molecule has 0 unspecified atom stereocenters. The van der Waals surface area contributed by atoms with Gasteiger partial charge in [-0.15, -0.1) is 0 Å². The van der Waals surface area contributed by atoms with Gasteiger partial charge in [-0.05, 0) is 31.2 Å². The molecule has 1 amide bonds. The lowest BCUT2D eigenvalue weighted by Crippen LogP contribution is -2.15. The molecule has 0 fully saturated rings. The van der Waals surface area contributed by atoms with Crippen LogP contribution in [0.3, 0.4) is 0 Å². The summed E-state index contributed by atoms with van der Waals surface area (Å²) in [5.74, 6) is -0.497. The van der Waals surface area contributed by atoms with Gasteiger partial charge in [-0.1, -0.05) is 23.7 Å². The molecule has 26 heavy (non-hydrogen) atoms. The van der Waals surface area contributed by atoms with Crippen LogP contribution in [0.15, 0.2) is 40.8 Å². The van der Waals surface area contributed by atoms with Crippen molar-refractivity contribution in [3.05, 3.63) is 58.3 Å². The first-order valence-corrected chi connectivity index (χ1v) is 8.09. The number of hydrogen-bond donors (Lipinski definition) is 1. The summed E-state index contributed by atoms with van der Waals surface area (Å²) in [6.45, 7) is 1.77. The van der Waals surface area contributed by atoms with E-state index in [9.17, 15) is 9.59 Å². The summed E-state index contributed by atoms with van der Waals surface area (Å²) in [5.41, 5.74) is 1.56. The molecule has 1 aromatic heterocycles. The zero-order valence-electron chi connectivity index (χ0n) is 14.4. The van der Waals surface area contributed by atoms with Crippen LogP contribution >= 0.6 is 11.6 Å². The van der Waals surface area contributed by atoms with E-state index in [1.54, 1.807) is 31.2 Å². The molecule has 0 radical (unpaired) electrons. The van der Waals surface area contributed by atoms with Gasteiger partial charge in [0.2, 0.25) is 0 Å². The van der Waals surface area contributed by atoms with E-state index < -0.39 is 11.9 Å². The third-order valence-corrected chi connectivity index (χ3v) is 4.30. The maximum Gasteiger partial charge on any atom is 0.340 e. The van der Waals surface area contributed by atoms with Crippen molar-refractivity contribution in [1.82, 2.24) is 0 Å². The van der Waals surface area contributed by atoms with Crippen LogP contribution in [0.1, 0.15) is 26.5 Å². The summed E-state index contributed by atoms with van der Waals surface area (Å²) in [4.78, 5) is 24.7. The summed E-state index contributed by atoms with van der Waals surface area (Å²) in [6, 6.07) is 9.98. The van der Waals surface area contributed by atoms with E-state index in [1.807, 2.05) is 6.07 Å². The number of amides is 1. The summed E-state index contributed by atoms with van der Waals surface area (Å²) in [6.07, 6.45) is 0. The number of rotatable bonds is 4. The van der Waals surface area contributed by atoms with Gasteiger partial charge in [-0.3, -0.25) is 4.79 Å². The second-order valence-corrected chi connectivity index (χ2v) is 5.94. The van der Waals surface area contributed by atoms with Crippen LogP contribution in [0, 0.1) is 6.92 Å². The summed E-state index contributed by atoms with van der Waals surface area (Å²) >= 11 is 6.13. The molecule has 0 aliphatic rings. The molecular formula is C19H16ClNO5. The van der Waals surface area contributed by atoms with E-state index in [2.05, 4.69) is 5.32 Å². The first-order valence-electron chi connectivity index (χ1n) is 7.71. The number of methoxy groups -OCH3 is 2. The fourth-order valence-electron chi connectivity index (χ4n) is 2.64. The van der Waals surface area contributed by atoms with Gasteiger partial charge in [0.25, 0.3) is 5.91 Å². The highest BCUT2D eigenvalue weighted by atomic mass is 35.5. The highest BCUT2D eigenvalue weighted by Gasteiger charge is 2.21. The van der Waals surface area contributed by atoms with Crippen LogP contribution in [-0.4, -0.2) is 26.1 Å². The topological polar surface area (TPSA) is 77.8 Å². The average molecular weight is 374 g/mol. The standard InChI is InChI=1S/C19H16ClNO5/c1-10-12-5-4-6-14(20)17(12)26-16(10)18(22)21-15-8-7-11(24-2)9-13(15)19(23)25-3/h4-9H,1-3H3,(H,21,22). The number of halogens is 1. The molecule has 0 saturated heterocycles. The third-order valence-electron chi connectivity index (χ3n) is 4.00. The first-order chi connectivity index (χ1) is 12.5. The first kappa shape index (κ1) is 17.8. The van der Waals surface area contributed by atoms with Crippen molar-refractivity contribution in [3.63, 3.8) is 0 Å². The van der Waals surface area contributed by atoms with E-state index in [0.717, 1.165) is 5.39 Å². The molecule has 0 spiro atoms. The molecule has 0 saturated carbocycles. The number of carbonyl (C=O) groups is 2. The molecule has 1 N–H and O–H groups in total. The van der Waals surface area contributed by atoms with Gasteiger partial charge in [-0.25, -0.2) is 4.79 Å². The Labute approximate surface area is 154 Å². The highest BCUT2D eigenvalue weighted by Crippen LogP contribution is 2.31. The molecule has 1 heterocycles. The number of benzene rings is 2. The van der Waals surface area contributed by atoms with Gasteiger partial charge in [0.05, 0.1) is 30.5 Å². The number of ether oxygens (including phenoxy) is 2. The minimum Gasteiger partial charge on any atom is -0.497 e. The average Bonchev–Trinajstić information content (AvgIpc) is 3.00. The maximum atomic E-state index is 12.7. The van der Waals surface area contributed by atoms with Gasteiger partial charge in [0.15, 0.2) is 11.3 Å². The highest BCUT2D eigenvalue weighted by molar-refractivity contribution is 6.35. The second kappa shape index (κ2) is 7.09. The number of aryl methyl sites for hydroxylation is 1. The fourth-order valence-corrected chi connectivity index (χ4v) is 2.86. The summed E-state index contributed by atoms with van der Waals surface area (Å²) in [7, 11) is 2.74. The Morgan fingerprint density at radius 1 is 1.15 bits per heavy atom. The Balaban J connectivity index is 2.00.